The van der Waals surface area contributed by atoms with Crippen LogP contribution in [0.2, 0.25) is 0 Å². The molecule has 0 saturated carbocycles. The largest absolute Gasteiger partial charge is 0.481 e. The van der Waals surface area contributed by atoms with Crippen molar-refractivity contribution in [1.82, 2.24) is 5.43 Å². The summed E-state index contributed by atoms with van der Waals surface area (Å²) < 4.78 is 5.31. The number of terminal acetylenes is 1. The monoisotopic (exact) mass is 384 g/mol. The van der Waals surface area contributed by atoms with Crippen LogP contribution >= 0.6 is 0 Å². The second-order valence-electron chi connectivity index (χ2n) is 6.20. The van der Waals surface area contributed by atoms with Gasteiger partial charge in [-0.1, -0.05) is 66.6 Å². The van der Waals surface area contributed by atoms with Crippen LogP contribution in [0, 0.1) is 12.3 Å². The number of benzene rings is 3. The molecule has 3 aromatic rings. The van der Waals surface area contributed by atoms with Crippen LogP contribution in [0.25, 0.3) is 0 Å². The van der Waals surface area contributed by atoms with E-state index < -0.39 is 11.5 Å². The summed E-state index contributed by atoms with van der Waals surface area (Å²) in [6.07, 6.45) is 6.65. The van der Waals surface area contributed by atoms with Crippen molar-refractivity contribution in [2.24, 2.45) is 5.10 Å². The van der Waals surface area contributed by atoms with Crippen LogP contribution in [0.5, 0.6) is 5.75 Å². The molecule has 29 heavy (non-hydrogen) atoms. The van der Waals surface area contributed by atoms with Crippen molar-refractivity contribution < 1.29 is 14.6 Å². The SMILES string of the molecule is C#CCOc1ccc(C=NNC(=O)C(O)(c2ccccc2)c2ccccc2)cc1. The average molecular weight is 384 g/mol. The van der Waals surface area contributed by atoms with Crippen LogP contribution in [0.4, 0.5) is 0 Å². The van der Waals surface area contributed by atoms with Gasteiger partial charge in [0, 0.05) is 0 Å². The summed E-state index contributed by atoms with van der Waals surface area (Å²) in [6, 6.07) is 24.6. The molecular weight excluding hydrogens is 364 g/mol. The van der Waals surface area contributed by atoms with E-state index in [0.29, 0.717) is 16.9 Å². The molecule has 0 aromatic heterocycles. The zero-order chi connectivity index (χ0) is 20.5. The minimum Gasteiger partial charge on any atom is -0.481 e. The number of nitrogens with one attached hydrogen (secondary N) is 1. The summed E-state index contributed by atoms with van der Waals surface area (Å²) in [5, 5.41) is 15.3. The number of carbonyl (C=O) groups excluding carboxylic acids is 1. The number of hydrazone groups is 1. The maximum Gasteiger partial charge on any atom is 0.281 e. The summed E-state index contributed by atoms with van der Waals surface area (Å²) >= 11 is 0. The van der Waals surface area contributed by atoms with Crippen LogP contribution in [-0.2, 0) is 10.4 Å². The third kappa shape index (κ3) is 4.70. The van der Waals surface area contributed by atoms with Gasteiger partial charge in [0.05, 0.1) is 6.21 Å². The van der Waals surface area contributed by atoms with Crippen molar-refractivity contribution in [3.63, 3.8) is 0 Å². The molecule has 0 spiro atoms. The van der Waals surface area contributed by atoms with E-state index in [-0.39, 0.29) is 6.61 Å². The van der Waals surface area contributed by atoms with Crippen molar-refractivity contribution >= 4 is 12.1 Å². The molecule has 2 N–H and O–H groups in total. The smallest absolute Gasteiger partial charge is 0.281 e. The molecule has 0 saturated heterocycles. The third-order valence-corrected chi connectivity index (χ3v) is 4.29. The Bertz CT molecular complexity index is 968. The Morgan fingerprint density at radius 3 is 2.07 bits per heavy atom. The molecule has 5 nitrogen and oxygen atoms in total. The number of amides is 1. The summed E-state index contributed by atoms with van der Waals surface area (Å²) in [5.41, 5.74) is 2.23. The Balaban J connectivity index is 1.77. The lowest BCUT2D eigenvalue weighted by atomic mass is 9.85. The lowest BCUT2D eigenvalue weighted by Gasteiger charge is -2.27. The molecule has 1 amide bonds. The maximum atomic E-state index is 12.9. The first-order chi connectivity index (χ1) is 14.1. The van der Waals surface area contributed by atoms with E-state index in [9.17, 15) is 9.90 Å². The van der Waals surface area contributed by atoms with Gasteiger partial charge in [-0.15, -0.1) is 6.42 Å². The Kier molecular flexibility index (Phi) is 6.41. The van der Waals surface area contributed by atoms with E-state index in [2.05, 4.69) is 16.4 Å². The van der Waals surface area contributed by atoms with E-state index in [1.165, 1.54) is 6.21 Å². The first-order valence-corrected chi connectivity index (χ1v) is 8.98. The number of nitrogens with zero attached hydrogens (tertiary/aromatic N) is 1. The first-order valence-electron chi connectivity index (χ1n) is 8.98. The van der Waals surface area contributed by atoms with Gasteiger partial charge in [-0.2, -0.15) is 5.10 Å². The van der Waals surface area contributed by atoms with Gasteiger partial charge < -0.3 is 9.84 Å². The predicted molar refractivity (Wildman–Crippen MR) is 112 cm³/mol. The Labute approximate surface area is 169 Å². The molecule has 0 radical (unpaired) electrons. The molecule has 0 aliphatic rings. The molecular formula is C24H20N2O3. The van der Waals surface area contributed by atoms with Gasteiger partial charge in [-0.25, -0.2) is 5.43 Å². The predicted octanol–water partition coefficient (Wildman–Crippen LogP) is 3.08. The van der Waals surface area contributed by atoms with Gasteiger partial charge in [0.2, 0.25) is 0 Å². The van der Waals surface area contributed by atoms with Crippen LogP contribution < -0.4 is 10.2 Å². The van der Waals surface area contributed by atoms with Crippen LogP contribution in [0.3, 0.4) is 0 Å². The molecule has 3 rings (SSSR count). The number of carbonyl (C=O) groups is 1. The lowest BCUT2D eigenvalue weighted by Crippen LogP contribution is -2.43. The quantitative estimate of drug-likeness (QED) is 0.374. The molecule has 0 unspecified atom stereocenters. The minimum atomic E-state index is -1.87. The highest BCUT2D eigenvalue weighted by Crippen LogP contribution is 2.29. The van der Waals surface area contributed by atoms with E-state index in [1.807, 2.05) is 12.1 Å². The summed E-state index contributed by atoms with van der Waals surface area (Å²) in [6.45, 7) is 0.195. The normalized spacial score (nSPS) is 11.0. The highest BCUT2D eigenvalue weighted by Gasteiger charge is 2.39. The second-order valence-corrected chi connectivity index (χ2v) is 6.20. The van der Waals surface area contributed by atoms with Gasteiger partial charge in [0.25, 0.3) is 5.91 Å². The van der Waals surface area contributed by atoms with Gasteiger partial charge in [0.15, 0.2) is 5.60 Å². The fraction of sp³-hybridized carbons (Fsp3) is 0.0833. The van der Waals surface area contributed by atoms with Crippen molar-refractivity contribution in [3.05, 3.63) is 102 Å². The number of rotatable bonds is 7. The zero-order valence-corrected chi connectivity index (χ0v) is 15.7. The third-order valence-electron chi connectivity index (χ3n) is 4.29. The van der Waals surface area contributed by atoms with E-state index in [1.54, 1.807) is 72.8 Å². The van der Waals surface area contributed by atoms with Crippen LogP contribution in [-0.4, -0.2) is 23.8 Å². The lowest BCUT2D eigenvalue weighted by molar-refractivity contribution is -0.136. The topological polar surface area (TPSA) is 70.9 Å². The molecule has 0 bridgehead atoms. The summed E-state index contributed by atoms with van der Waals surface area (Å²) in [5.74, 6) is 2.39. The molecule has 0 atom stereocenters. The molecule has 0 heterocycles. The number of aliphatic hydroxyl groups is 1. The van der Waals surface area contributed by atoms with E-state index >= 15 is 0 Å². The van der Waals surface area contributed by atoms with E-state index in [0.717, 1.165) is 5.56 Å². The molecule has 144 valence electrons. The first kappa shape index (κ1) is 19.9. The fourth-order valence-corrected chi connectivity index (χ4v) is 2.81. The Morgan fingerprint density at radius 1 is 1.00 bits per heavy atom. The molecule has 5 heteroatoms. The van der Waals surface area contributed by atoms with Crippen molar-refractivity contribution in [2.45, 2.75) is 5.60 Å². The van der Waals surface area contributed by atoms with Gasteiger partial charge >= 0.3 is 0 Å². The van der Waals surface area contributed by atoms with Crippen LogP contribution in [0.15, 0.2) is 90.0 Å². The average Bonchev–Trinajstić information content (AvgIpc) is 2.79. The standard InChI is InChI=1S/C24H20N2O3/c1-2-17-29-22-15-13-19(14-16-22)18-25-26-23(27)24(28,20-9-5-3-6-10-20)21-11-7-4-8-12-21/h1,3-16,18,28H,17H2,(H,26,27). The molecule has 0 aliphatic heterocycles. The fourth-order valence-electron chi connectivity index (χ4n) is 2.81. The number of hydrogen-bond acceptors (Lipinski definition) is 4. The highest BCUT2D eigenvalue weighted by atomic mass is 16.5. The number of hydrogen-bond donors (Lipinski definition) is 2. The van der Waals surface area contributed by atoms with Gasteiger partial charge in [-0.05, 0) is 41.0 Å². The minimum absolute atomic E-state index is 0.195. The molecule has 0 fully saturated rings. The summed E-state index contributed by atoms with van der Waals surface area (Å²) in [4.78, 5) is 12.9. The number of ether oxygens (including phenoxy) is 1. The van der Waals surface area contributed by atoms with Crippen molar-refractivity contribution in [3.8, 4) is 18.1 Å². The van der Waals surface area contributed by atoms with Crippen molar-refractivity contribution in [2.75, 3.05) is 6.61 Å². The summed E-state index contributed by atoms with van der Waals surface area (Å²) in [7, 11) is 0. The zero-order valence-electron chi connectivity index (χ0n) is 15.7. The van der Waals surface area contributed by atoms with Crippen molar-refractivity contribution in [1.29, 1.82) is 0 Å². The van der Waals surface area contributed by atoms with Gasteiger partial charge in [0.1, 0.15) is 12.4 Å². The Hall–Kier alpha value is -3.88. The van der Waals surface area contributed by atoms with Crippen LogP contribution in [0.1, 0.15) is 16.7 Å². The Morgan fingerprint density at radius 2 is 1.55 bits per heavy atom. The maximum absolute atomic E-state index is 12.9. The van der Waals surface area contributed by atoms with Gasteiger partial charge in [-0.3, -0.25) is 4.79 Å². The molecule has 3 aromatic carbocycles. The highest BCUT2D eigenvalue weighted by molar-refractivity contribution is 5.91. The second kappa shape index (κ2) is 9.36. The van der Waals surface area contributed by atoms with E-state index in [4.69, 9.17) is 11.2 Å². The molecule has 0 aliphatic carbocycles.